The van der Waals surface area contributed by atoms with Crippen LogP contribution in [0.5, 0.6) is 0 Å². The molecule has 0 bridgehead atoms. The molecule has 7 heteroatoms. The Morgan fingerprint density at radius 1 is 1.08 bits per heavy atom. The number of carbonyl (C=O) groups excluding carboxylic acids is 2. The quantitative estimate of drug-likeness (QED) is 0.737. The average molecular weight is 350 g/mol. The van der Waals surface area contributed by atoms with Crippen LogP contribution in [0.25, 0.3) is 0 Å². The minimum atomic E-state index is -0.266. The maximum atomic E-state index is 12.3. The van der Waals surface area contributed by atoms with Crippen molar-refractivity contribution in [1.29, 1.82) is 0 Å². The van der Waals surface area contributed by atoms with Crippen LogP contribution in [0, 0.1) is 13.8 Å². The molecule has 0 aliphatic carbocycles. The van der Waals surface area contributed by atoms with Crippen LogP contribution in [-0.2, 0) is 11.2 Å². The molecular weight excluding hydrogens is 332 g/mol. The number of benzene rings is 1. The van der Waals surface area contributed by atoms with Gasteiger partial charge in [0.1, 0.15) is 5.76 Å². The van der Waals surface area contributed by atoms with E-state index in [0.29, 0.717) is 28.4 Å². The molecule has 0 radical (unpaired) electrons. The van der Waals surface area contributed by atoms with E-state index in [1.807, 2.05) is 0 Å². The monoisotopic (exact) mass is 350 g/mol. The SMILES string of the molecule is Cc1noc(C)c1CC(=O)Nc1cccc(NC(=O)c2cccnc2)c1. The van der Waals surface area contributed by atoms with Crippen LogP contribution in [0.1, 0.15) is 27.4 Å². The van der Waals surface area contributed by atoms with E-state index in [1.165, 1.54) is 6.20 Å². The standard InChI is InChI=1S/C19H18N4O3/c1-12-17(13(2)26-23-12)10-18(24)21-15-6-3-7-16(9-15)22-19(25)14-5-4-8-20-11-14/h3-9,11H,10H2,1-2H3,(H,21,24)(H,22,25). The molecule has 0 aliphatic rings. The molecule has 0 unspecified atom stereocenters. The summed E-state index contributed by atoms with van der Waals surface area (Å²) in [6, 6.07) is 10.3. The maximum Gasteiger partial charge on any atom is 0.257 e. The number of pyridine rings is 1. The van der Waals surface area contributed by atoms with Gasteiger partial charge in [-0.1, -0.05) is 11.2 Å². The molecular formula is C19H18N4O3. The van der Waals surface area contributed by atoms with Crippen molar-refractivity contribution >= 4 is 23.2 Å². The summed E-state index contributed by atoms with van der Waals surface area (Å²) >= 11 is 0. The van der Waals surface area contributed by atoms with Gasteiger partial charge in [-0.3, -0.25) is 14.6 Å². The number of nitrogens with zero attached hydrogens (tertiary/aromatic N) is 2. The molecule has 0 aliphatic heterocycles. The van der Waals surface area contributed by atoms with Gasteiger partial charge in [0.15, 0.2) is 0 Å². The smallest absolute Gasteiger partial charge is 0.257 e. The largest absolute Gasteiger partial charge is 0.361 e. The highest BCUT2D eigenvalue weighted by atomic mass is 16.5. The number of amides is 2. The molecule has 132 valence electrons. The van der Waals surface area contributed by atoms with Gasteiger partial charge in [0, 0.05) is 29.3 Å². The van der Waals surface area contributed by atoms with Gasteiger partial charge in [0.25, 0.3) is 5.91 Å². The van der Waals surface area contributed by atoms with Crippen molar-refractivity contribution < 1.29 is 14.1 Å². The first kappa shape index (κ1) is 17.3. The number of aromatic nitrogens is 2. The van der Waals surface area contributed by atoms with Gasteiger partial charge in [-0.2, -0.15) is 0 Å². The molecule has 0 saturated heterocycles. The second-order valence-corrected chi connectivity index (χ2v) is 5.80. The molecule has 2 aromatic heterocycles. The highest BCUT2D eigenvalue weighted by molar-refractivity contribution is 6.04. The Bertz CT molecular complexity index is 915. The molecule has 2 heterocycles. The Kier molecular flexibility index (Phi) is 5.07. The Balaban J connectivity index is 1.65. The van der Waals surface area contributed by atoms with Crippen molar-refractivity contribution in [2.45, 2.75) is 20.3 Å². The summed E-state index contributed by atoms with van der Waals surface area (Å²) in [7, 11) is 0. The molecule has 0 fully saturated rings. The minimum absolute atomic E-state index is 0.174. The number of rotatable bonds is 5. The fourth-order valence-electron chi connectivity index (χ4n) is 2.50. The van der Waals surface area contributed by atoms with Crippen molar-refractivity contribution in [3.05, 3.63) is 71.4 Å². The molecule has 0 spiro atoms. The lowest BCUT2D eigenvalue weighted by molar-refractivity contribution is -0.115. The summed E-state index contributed by atoms with van der Waals surface area (Å²) < 4.78 is 5.07. The molecule has 3 aromatic rings. The molecule has 3 rings (SSSR count). The first-order valence-electron chi connectivity index (χ1n) is 8.06. The lowest BCUT2D eigenvalue weighted by atomic mass is 10.1. The van der Waals surface area contributed by atoms with Gasteiger partial charge < -0.3 is 15.2 Å². The fourth-order valence-corrected chi connectivity index (χ4v) is 2.50. The van der Waals surface area contributed by atoms with Gasteiger partial charge in [-0.05, 0) is 44.2 Å². The van der Waals surface area contributed by atoms with Crippen LogP contribution in [0.4, 0.5) is 11.4 Å². The summed E-state index contributed by atoms with van der Waals surface area (Å²) in [5.74, 6) is 0.183. The zero-order valence-corrected chi connectivity index (χ0v) is 14.4. The molecule has 2 N–H and O–H groups in total. The van der Waals surface area contributed by atoms with E-state index in [-0.39, 0.29) is 18.2 Å². The van der Waals surface area contributed by atoms with Crippen LogP contribution in [0.15, 0.2) is 53.3 Å². The number of hydrogen-bond acceptors (Lipinski definition) is 5. The molecule has 2 amide bonds. The van der Waals surface area contributed by atoms with E-state index < -0.39 is 0 Å². The van der Waals surface area contributed by atoms with Crippen LogP contribution < -0.4 is 10.6 Å². The summed E-state index contributed by atoms with van der Waals surface area (Å²) in [5.41, 5.74) is 3.11. The predicted octanol–water partition coefficient (Wildman–Crippen LogP) is 3.12. The van der Waals surface area contributed by atoms with Crippen molar-refractivity contribution in [3.63, 3.8) is 0 Å². The zero-order valence-electron chi connectivity index (χ0n) is 14.4. The lowest BCUT2D eigenvalue weighted by Gasteiger charge is -2.09. The van der Waals surface area contributed by atoms with Crippen LogP contribution in [-0.4, -0.2) is 22.0 Å². The van der Waals surface area contributed by atoms with Gasteiger partial charge >= 0.3 is 0 Å². The van der Waals surface area contributed by atoms with Gasteiger partial charge in [0.2, 0.25) is 5.91 Å². The molecule has 7 nitrogen and oxygen atoms in total. The normalized spacial score (nSPS) is 10.4. The minimum Gasteiger partial charge on any atom is -0.361 e. The van der Waals surface area contributed by atoms with Gasteiger partial charge in [-0.15, -0.1) is 0 Å². The predicted molar refractivity (Wildman–Crippen MR) is 96.9 cm³/mol. The third-order valence-corrected chi connectivity index (χ3v) is 3.85. The van der Waals surface area contributed by atoms with Gasteiger partial charge in [0.05, 0.1) is 17.7 Å². The Hall–Kier alpha value is -3.48. The topological polar surface area (TPSA) is 97.1 Å². The summed E-state index contributed by atoms with van der Waals surface area (Å²) in [5, 5.41) is 9.44. The van der Waals surface area contributed by atoms with Crippen molar-refractivity contribution in [1.82, 2.24) is 10.1 Å². The van der Waals surface area contributed by atoms with E-state index in [9.17, 15) is 9.59 Å². The first-order valence-corrected chi connectivity index (χ1v) is 8.06. The Labute approximate surface area is 150 Å². The number of nitrogens with one attached hydrogen (secondary N) is 2. The number of hydrogen-bond donors (Lipinski definition) is 2. The Morgan fingerprint density at radius 2 is 1.85 bits per heavy atom. The van der Waals surface area contributed by atoms with Crippen LogP contribution in [0.3, 0.4) is 0 Å². The number of anilines is 2. The maximum absolute atomic E-state index is 12.3. The summed E-state index contributed by atoms with van der Waals surface area (Å²) in [4.78, 5) is 28.4. The number of carbonyl (C=O) groups is 2. The van der Waals surface area contributed by atoms with Crippen molar-refractivity contribution in [2.75, 3.05) is 10.6 Å². The van der Waals surface area contributed by atoms with E-state index in [4.69, 9.17) is 4.52 Å². The second kappa shape index (κ2) is 7.60. The summed E-state index contributed by atoms with van der Waals surface area (Å²) in [6.07, 6.45) is 3.27. The third-order valence-electron chi connectivity index (χ3n) is 3.85. The fraction of sp³-hybridized carbons (Fsp3) is 0.158. The van der Waals surface area contributed by atoms with Crippen LogP contribution in [0.2, 0.25) is 0 Å². The third kappa shape index (κ3) is 4.13. The lowest BCUT2D eigenvalue weighted by Crippen LogP contribution is -2.16. The van der Waals surface area contributed by atoms with Crippen LogP contribution >= 0.6 is 0 Å². The Morgan fingerprint density at radius 3 is 2.50 bits per heavy atom. The molecule has 26 heavy (non-hydrogen) atoms. The van der Waals surface area contributed by atoms with Gasteiger partial charge in [-0.25, -0.2) is 0 Å². The second-order valence-electron chi connectivity index (χ2n) is 5.80. The van der Waals surface area contributed by atoms with E-state index in [2.05, 4.69) is 20.8 Å². The molecule has 1 aromatic carbocycles. The van der Waals surface area contributed by atoms with Crippen molar-refractivity contribution in [2.24, 2.45) is 0 Å². The highest BCUT2D eigenvalue weighted by Gasteiger charge is 2.14. The van der Waals surface area contributed by atoms with E-state index >= 15 is 0 Å². The average Bonchev–Trinajstić information content (AvgIpc) is 2.94. The van der Waals surface area contributed by atoms with Crippen molar-refractivity contribution in [3.8, 4) is 0 Å². The van der Waals surface area contributed by atoms with E-state index in [0.717, 1.165) is 5.56 Å². The van der Waals surface area contributed by atoms with E-state index in [1.54, 1.807) is 56.4 Å². The summed E-state index contributed by atoms with van der Waals surface area (Å²) in [6.45, 7) is 3.57. The number of aryl methyl sites for hydroxylation is 2. The zero-order chi connectivity index (χ0) is 18.5. The first-order chi connectivity index (χ1) is 12.5. The molecule has 0 atom stereocenters. The highest BCUT2D eigenvalue weighted by Crippen LogP contribution is 2.18. The molecule has 0 saturated carbocycles.